The molecule has 0 radical (unpaired) electrons. The first kappa shape index (κ1) is 136. The Labute approximate surface area is 830 Å². The molecule has 0 aliphatic heterocycles. The molecule has 0 rings (SSSR count). The van der Waals surface area contributed by atoms with Gasteiger partial charge in [-0.3, -0.25) is 0 Å². The van der Waals surface area contributed by atoms with Crippen molar-refractivity contribution in [3.8, 4) is 0 Å². The van der Waals surface area contributed by atoms with Crippen LogP contribution in [0.15, 0.2) is 0 Å². The summed E-state index contributed by atoms with van der Waals surface area (Å²) in [4.78, 5) is 0. The van der Waals surface area contributed by atoms with Crippen molar-refractivity contribution < 1.29 is 136 Å². The van der Waals surface area contributed by atoms with Crippen LogP contribution in [0.1, 0.15) is 0 Å². The van der Waals surface area contributed by atoms with Crippen LogP contribution in [0.5, 0.6) is 0 Å². The van der Waals surface area contributed by atoms with Gasteiger partial charge in [-0.25, -0.2) is 0 Å². The smallest absolute Gasteiger partial charge is 0.440 e. The average molecular weight is 2410 g/mol. The van der Waals surface area contributed by atoms with E-state index in [4.69, 9.17) is 136 Å². The van der Waals surface area contributed by atoms with Crippen LogP contribution in [0.3, 0.4) is 0 Å². The largest absolute Gasteiger partial charge is 0.488 e. The van der Waals surface area contributed by atoms with Crippen molar-refractivity contribution in [3.63, 3.8) is 0 Å². The highest BCUT2D eigenvalue weighted by Crippen LogP contribution is 2.39. The van der Waals surface area contributed by atoms with E-state index in [2.05, 4.69) is 236 Å². The maximum atomic E-state index is 7.04. The van der Waals surface area contributed by atoms with Gasteiger partial charge in [-0.15, -0.1) is 0 Å². The molecule has 33 nitrogen and oxygen atoms in total. The molecule has 0 unspecified atom stereocenters. The Morgan fingerprint density at radius 2 is 0.162 bits per heavy atom. The highest BCUT2D eigenvalue weighted by atomic mass is 28.6. The Morgan fingerprint density at radius 3 is 0.223 bits per heavy atom. The lowest BCUT2D eigenvalue weighted by Gasteiger charge is -2.45. The Bertz CT molecular complexity index is 3360. The first-order valence-electron chi connectivity index (χ1n) is 45.6. The molecule has 0 N–H and O–H groups in total. The highest BCUT2D eigenvalue weighted by Gasteiger charge is 2.59. The maximum absolute atomic E-state index is 7.04. The lowest BCUT2D eigenvalue weighted by atomic mass is 11.8. The standard InChI is InChI=1S/C65H196O33Si32/c1-66-130(65,67-2)98-129(63,64)97-128(61,62)96-127(59,60)95-126(57,58)94-125(55,56)93-124(53,54)92-123(51,52)91-122(49,50)90-121(47,48)89-120(45,46)88-119(43,44)87-118(41,42)86-117(39,40)85-116(37,38)84-115(35,36)83-114(33,34)82-113(31,32)81-112(29,30)80-111(27,28)79-110(25,26)78-109(23,24)77-108(21,22)76-107(19,20)75-106(17,18)74-105(15,16)73-104(13,14)72-103(11,12)71-102(9,10)70-101(7,8)69-100(5,6)68-99(3)4/h99H,1-65H3. The fourth-order valence-electron chi connectivity index (χ4n) is 19.0. The second-order valence-corrected chi connectivity index (χ2v) is 162. The summed E-state index contributed by atoms with van der Waals surface area (Å²) in [7, 11) is -86.9. The summed E-state index contributed by atoms with van der Waals surface area (Å²) < 4.78 is 225. The van der Waals surface area contributed by atoms with Crippen molar-refractivity contribution >= 4 is 275 Å². The Morgan fingerprint density at radius 1 is 0.100 bits per heavy atom. The molecule has 0 saturated carbocycles. The molecule has 0 atom stereocenters. The van der Waals surface area contributed by atoms with E-state index in [-0.39, 0.29) is 0 Å². The molecule has 0 fully saturated rings. The number of hydrogen-bond acceptors (Lipinski definition) is 33. The zero-order valence-corrected chi connectivity index (χ0v) is 127. The number of rotatable bonds is 64. The molecule has 130 heavy (non-hydrogen) atoms. The van der Waals surface area contributed by atoms with Crippen LogP contribution in [-0.2, 0) is 136 Å². The minimum Gasteiger partial charge on any atom is -0.440 e. The molecule has 0 aromatic rings. The third-order valence-corrected chi connectivity index (χ3v) is 139. The summed E-state index contributed by atoms with van der Waals surface area (Å²) in [5.74, 6) is 0. The van der Waals surface area contributed by atoms with E-state index in [0.29, 0.717) is 0 Å². The lowest BCUT2D eigenvalue weighted by molar-refractivity contribution is 0.150. The van der Waals surface area contributed by atoms with E-state index in [0.717, 1.165) is 0 Å². The van der Waals surface area contributed by atoms with Gasteiger partial charge >= 0.3 is 266 Å². The fourth-order valence-corrected chi connectivity index (χ4v) is 182. The van der Waals surface area contributed by atoms with Gasteiger partial charge in [-0.2, -0.15) is 0 Å². The van der Waals surface area contributed by atoms with Gasteiger partial charge < -0.3 is 136 Å². The molecule has 0 saturated heterocycles. The van der Waals surface area contributed by atoms with E-state index in [1.165, 1.54) is 0 Å². The zero-order chi connectivity index (χ0) is 104. The van der Waals surface area contributed by atoms with Crippen molar-refractivity contribution in [2.45, 2.75) is 412 Å². The van der Waals surface area contributed by atoms with Crippen LogP contribution in [0.2, 0.25) is 412 Å². The van der Waals surface area contributed by atoms with Crippen LogP contribution in [0.4, 0.5) is 0 Å². The first-order chi connectivity index (χ1) is 55.8. The lowest BCUT2D eigenvalue weighted by Crippen LogP contribution is -2.63. The summed E-state index contributed by atoms with van der Waals surface area (Å²) in [6.45, 7) is 129. The summed E-state index contributed by atoms with van der Waals surface area (Å²) in [5.41, 5.74) is 0. The molecule has 0 aromatic carbocycles. The second-order valence-electron chi connectivity index (χ2n) is 47.5. The molecule has 0 aliphatic carbocycles. The van der Waals surface area contributed by atoms with Crippen molar-refractivity contribution in [1.29, 1.82) is 0 Å². The van der Waals surface area contributed by atoms with E-state index in [1.54, 1.807) is 14.2 Å². The van der Waals surface area contributed by atoms with Crippen LogP contribution in [-0.4, -0.2) is 289 Å². The van der Waals surface area contributed by atoms with Gasteiger partial charge in [0.15, 0.2) is 9.04 Å². The van der Waals surface area contributed by atoms with Crippen LogP contribution in [0.25, 0.3) is 0 Å². The van der Waals surface area contributed by atoms with Crippen LogP contribution in [0, 0.1) is 0 Å². The molecular weight excluding hydrogens is 2210 g/mol. The summed E-state index contributed by atoms with van der Waals surface area (Å²) in [5, 5.41) is 0. The molecule has 0 aromatic heterocycles. The highest BCUT2D eigenvalue weighted by molar-refractivity contribution is 6.99. The first-order valence-corrected chi connectivity index (χ1v) is 135. The van der Waals surface area contributed by atoms with Crippen molar-refractivity contribution in [2.75, 3.05) is 14.2 Å². The average Bonchev–Trinajstić information content (AvgIpc) is 0.789. The van der Waals surface area contributed by atoms with E-state index >= 15 is 0 Å². The quantitative estimate of drug-likeness (QED) is 0.0511. The second kappa shape index (κ2) is 46.4. The van der Waals surface area contributed by atoms with Gasteiger partial charge in [-0.05, 0) is 406 Å². The Balaban J connectivity index is 5.98. The van der Waals surface area contributed by atoms with E-state index < -0.39 is 275 Å². The monoisotopic (exact) mass is 2400 g/mol. The molecule has 0 spiro atoms. The van der Waals surface area contributed by atoms with Crippen molar-refractivity contribution in [2.24, 2.45) is 0 Å². The predicted molar refractivity (Wildman–Crippen MR) is 603 cm³/mol. The Kier molecular flexibility index (Phi) is 48.4. The van der Waals surface area contributed by atoms with Gasteiger partial charge in [0, 0.05) is 20.8 Å². The van der Waals surface area contributed by atoms with E-state index in [9.17, 15) is 0 Å². The SMILES string of the molecule is CO[Si](C)(OC)O[Si](C)(C)O[Si](C)(C)O[Si](C)(C)O[Si](C)(C)O[Si](C)(C)O[Si](C)(C)O[Si](C)(C)O[Si](C)(C)O[Si](C)(C)O[Si](C)(C)O[Si](C)(C)O[Si](C)(C)O[Si](C)(C)O[Si](C)(C)O[Si](C)(C)O[Si](C)(C)O[Si](C)(C)O[Si](C)(C)O[Si](C)(C)O[Si](C)(C)O[Si](C)(C)O[Si](C)(C)O[Si](C)(C)O[Si](C)(C)O[Si](C)(C)O[Si](C)(C)O[Si](C)(C)O[Si](C)(C)O[Si](C)(C)O[Si](C)(C)O[SiH](C)C. The summed E-state index contributed by atoms with van der Waals surface area (Å²) in [6, 6.07) is 0. The van der Waals surface area contributed by atoms with Gasteiger partial charge in [0.2, 0.25) is 0 Å². The van der Waals surface area contributed by atoms with Crippen LogP contribution >= 0.6 is 0 Å². The van der Waals surface area contributed by atoms with Crippen LogP contribution < -0.4 is 0 Å². The van der Waals surface area contributed by atoms with Gasteiger partial charge in [0.05, 0.1) is 0 Å². The topological polar surface area (TPSA) is 305 Å². The molecule has 0 bridgehead atoms. The normalized spacial score (nSPS) is 16.2. The third-order valence-electron chi connectivity index (χ3n) is 15.9. The third kappa shape index (κ3) is 60.8. The minimum atomic E-state index is -2.95. The van der Waals surface area contributed by atoms with Gasteiger partial charge in [0.1, 0.15) is 0 Å². The predicted octanol–water partition coefficient (Wildman–Crippen LogP) is 22.4. The maximum Gasteiger partial charge on any atom is 0.488 e. The van der Waals surface area contributed by atoms with E-state index in [1.807, 2.05) is 177 Å². The molecule has 782 valence electrons. The summed E-state index contributed by atoms with van der Waals surface area (Å²) >= 11 is 0. The molecule has 0 heterocycles. The zero-order valence-electron chi connectivity index (χ0n) is 94.5. The van der Waals surface area contributed by atoms with Crippen molar-refractivity contribution in [3.05, 3.63) is 0 Å². The fraction of sp³-hybridized carbons (Fsp3) is 1.00. The van der Waals surface area contributed by atoms with Gasteiger partial charge in [-0.1, -0.05) is 0 Å². The molecule has 0 aliphatic rings. The minimum absolute atomic E-state index is 1.29. The summed E-state index contributed by atoms with van der Waals surface area (Å²) in [6.07, 6.45) is 0. The Hall–Kier alpha value is 5.62. The molecular formula is C65H196O33Si32. The van der Waals surface area contributed by atoms with Gasteiger partial charge in [0.25, 0.3) is 0 Å². The molecule has 0 amide bonds. The number of hydrogen-bond donors (Lipinski definition) is 0. The van der Waals surface area contributed by atoms with Crippen molar-refractivity contribution in [1.82, 2.24) is 0 Å². The molecule has 65 heteroatoms.